The lowest BCUT2D eigenvalue weighted by Gasteiger charge is -2.13. The number of aromatic nitrogens is 2. The van der Waals surface area contributed by atoms with E-state index in [0.29, 0.717) is 5.69 Å². The van der Waals surface area contributed by atoms with Crippen molar-refractivity contribution in [2.75, 3.05) is 24.4 Å². The first-order valence-corrected chi connectivity index (χ1v) is 8.08. The minimum Gasteiger partial charge on any atom is -0.497 e. The zero-order valence-corrected chi connectivity index (χ0v) is 13.0. The number of nitrogens with one attached hydrogen (secondary N) is 1. The summed E-state index contributed by atoms with van der Waals surface area (Å²) in [4.78, 5) is 9.18. The first kappa shape index (κ1) is 14.0. The Hall–Kier alpha value is -1.95. The summed E-state index contributed by atoms with van der Waals surface area (Å²) in [5, 5.41) is 4.15. The molecule has 1 aromatic carbocycles. The number of anilines is 3. The Labute approximate surface area is 128 Å². The largest absolute Gasteiger partial charge is 0.497 e. The van der Waals surface area contributed by atoms with Crippen molar-refractivity contribution in [3.63, 3.8) is 0 Å². The number of rotatable bonds is 4. The number of ether oxygens (including phenoxy) is 1. The second-order valence-corrected chi connectivity index (χ2v) is 5.69. The quantitative estimate of drug-likeness (QED) is 0.514. The third kappa shape index (κ3) is 2.76. The van der Waals surface area contributed by atoms with Gasteiger partial charge in [0.05, 0.1) is 24.2 Å². The lowest BCUT2D eigenvalue weighted by molar-refractivity contribution is 0.415. The molecule has 21 heavy (non-hydrogen) atoms. The van der Waals surface area contributed by atoms with Crippen LogP contribution in [0, 0.1) is 0 Å². The highest BCUT2D eigenvalue weighted by molar-refractivity contribution is 7.98. The maximum absolute atomic E-state index is 6.07. The van der Waals surface area contributed by atoms with Gasteiger partial charge in [-0.25, -0.2) is 9.97 Å². The summed E-state index contributed by atoms with van der Waals surface area (Å²) >= 11 is 1.56. The number of fused-ring (bicyclic) bond motifs is 1. The van der Waals surface area contributed by atoms with E-state index >= 15 is 0 Å². The van der Waals surface area contributed by atoms with Gasteiger partial charge < -0.3 is 15.8 Å². The van der Waals surface area contributed by atoms with E-state index in [2.05, 4.69) is 15.3 Å². The van der Waals surface area contributed by atoms with Crippen LogP contribution in [-0.2, 0) is 12.8 Å². The van der Waals surface area contributed by atoms with Crippen LogP contribution in [-0.4, -0.2) is 23.3 Å². The molecule has 0 bridgehead atoms. The second kappa shape index (κ2) is 5.81. The Morgan fingerprint density at radius 1 is 1.29 bits per heavy atom. The first-order valence-electron chi connectivity index (χ1n) is 6.85. The Balaban J connectivity index is 1.96. The van der Waals surface area contributed by atoms with Crippen LogP contribution < -0.4 is 15.8 Å². The summed E-state index contributed by atoms with van der Waals surface area (Å²) in [6, 6.07) is 5.60. The number of hydrogen-bond acceptors (Lipinski definition) is 6. The van der Waals surface area contributed by atoms with Crippen LogP contribution >= 0.6 is 11.8 Å². The SMILES string of the molecule is COc1ccc(Nc2nc(SC)nc3c2CCC3)c(N)c1. The van der Waals surface area contributed by atoms with Crippen molar-refractivity contribution in [2.45, 2.75) is 24.4 Å². The molecule has 2 aromatic rings. The Kier molecular flexibility index (Phi) is 3.88. The molecule has 6 heteroatoms. The molecule has 3 rings (SSSR count). The lowest BCUT2D eigenvalue weighted by atomic mass is 10.2. The smallest absolute Gasteiger partial charge is 0.189 e. The molecule has 0 aliphatic heterocycles. The molecule has 0 atom stereocenters. The van der Waals surface area contributed by atoms with Crippen LogP contribution in [0.15, 0.2) is 23.4 Å². The highest BCUT2D eigenvalue weighted by atomic mass is 32.2. The fourth-order valence-corrected chi connectivity index (χ4v) is 2.90. The monoisotopic (exact) mass is 302 g/mol. The van der Waals surface area contributed by atoms with Gasteiger partial charge in [0.1, 0.15) is 11.6 Å². The average molecular weight is 302 g/mol. The van der Waals surface area contributed by atoms with Crippen molar-refractivity contribution < 1.29 is 4.74 Å². The summed E-state index contributed by atoms with van der Waals surface area (Å²) in [6.07, 6.45) is 5.16. The van der Waals surface area contributed by atoms with E-state index in [0.717, 1.165) is 47.4 Å². The molecule has 1 aliphatic rings. The molecule has 0 fully saturated rings. The van der Waals surface area contributed by atoms with E-state index in [9.17, 15) is 0 Å². The van der Waals surface area contributed by atoms with Crippen LogP contribution in [0.25, 0.3) is 0 Å². The predicted octanol–water partition coefficient (Wildman–Crippen LogP) is 3.02. The van der Waals surface area contributed by atoms with Gasteiger partial charge in [0.15, 0.2) is 5.16 Å². The number of nitrogens with two attached hydrogens (primary N) is 1. The number of nitrogen functional groups attached to an aromatic ring is 1. The lowest BCUT2D eigenvalue weighted by Crippen LogP contribution is -2.04. The van der Waals surface area contributed by atoms with Gasteiger partial charge in [-0.05, 0) is 37.7 Å². The van der Waals surface area contributed by atoms with Gasteiger partial charge >= 0.3 is 0 Å². The van der Waals surface area contributed by atoms with Crippen LogP contribution in [0.2, 0.25) is 0 Å². The van der Waals surface area contributed by atoms with Gasteiger partial charge in [0.2, 0.25) is 0 Å². The molecule has 0 saturated heterocycles. The molecule has 0 spiro atoms. The van der Waals surface area contributed by atoms with E-state index < -0.39 is 0 Å². The molecule has 5 nitrogen and oxygen atoms in total. The van der Waals surface area contributed by atoms with Gasteiger partial charge in [0.25, 0.3) is 0 Å². The average Bonchev–Trinajstić information content (AvgIpc) is 2.97. The van der Waals surface area contributed by atoms with Gasteiger partial charge in [-0.3, -0.25) is 0 Å². The van der Waals surface area contributed by atoms with Crippen LogP contribution in [0.5, 0.6) is 5.75 Å². The Morgan fingerprint density at radius 2 is 2.14 bits per heavy atom. The molecule has 0 amide bonds. The number of aryl methyl sites for hydroxylation is 1. The number of hydrogen-bond donors (Lipinski definition) is 2. The van der Waals surface area contributed by atoms with Crippen molar-refractivity contribution in [1.29, 1.82) is 0 Å². The number of benzene rings is 1. The van der Waals surface area contributed by atoms with Gasteiger partial charge in [-0.15, -0.1) is 0 Å². The molecular weight excluding hydrogens is 284 g/mol. The van der Waals surface area contributed by atoms with Crippen molar-refractivity contribution in [3.05, 3.63) is 29.5 Å². The summed E-state index contributed by atoms with van der Waals surface area (Å²) < 4.78 is 5.17. The van der Waals surface area contributed by atoms with Crippen molar-refractivity contribution >= 4 is 29.0 Å². The van der Waals surface area contributed by atoms with Crippen LogP contribution in [0.3, 0.4) is 0 Å². The van der Waals surface area contributed by atoms with E-state index in [-0.39, 0.29) is 0 Å². The Morgan fingerprint density at radius 3 is 2.86 bits per heavy atom. The zero-order chi connectivity index (χ0) is 14.8. The summed E-state index contributed by atoms with van der Waals surface area (Å²) in [6.45, 7) is 0. The minimum atomic E-state index is 0.644. The van der Waals surface area contributed by atoms with Gasteiger partial charge in [0, 0.05) is 11.6 Å². The summed E-state index contributed by atoms with van der Waals surface area (Å²) in [7, 11) is 1.63. The zero-order valence-electron chi connectivity index (χ0n) is 12.1. The molecule has 1 aromatic heterocycles. The standard InChI is InChI=1S/C15H18N4OS/c1-20-9-6-7-13(11(16)8-9)17-14-10-4-3-5-12(10)18-15(19-14)21-2/h6-8H,3-5,16H2,1-2H3,(H,17,18,19). The minimum absolute atomic E-state index is 0.644. The molecule has 3 N–H and O–H groups in total. The van der Waals surface area contributed by atoms with Crippen molar-refractivity contribution in [2.24, 2.45) is 0 Å². The maximum Gasteiger partial charge on any atom is 0.189 e. The molecule has 1 heterocycles. The fraction of sp³-hybridized carbons (Fsp3) is 0.333. The maximum atomic E-state index is 6.07. The highest BCUT2D eigenvalue weighted by Crippen LogP contribution is 2.32. The fourth-order valence-electron chi connectivity index (χ4n) is 2.51. The third-order valence-electron chi connectivity index (χ3n) is 3.61. The first-order chi connectivity index (χ1) is 10.2. The van der Waals surface area contributed by atoms with E-state index in [1.54, 1.807) is 24.9 Å². The van der Waals surface area contributed by atoms with Crippen LogP contribution in [0.4, 0.5) is 17.2 Å². The topological polar surface area (TPSA) is 73.1 Å². The van der Waals surface area contributed by atoms with E-state index in [1.165, 1.54) is 5.56 Å². The molecule has 0 unspecified atom stereocenters. The molecule has 0 radical (unpaired) electrons. The van der Waals surface area contributed by atoms with Gasteiger partial charge in [-0.1, -0.05) is 11.8 Å². The van der Waals surface area contributed by atoms with Crippen molar-refractivity contribution in [1.82, 2.24) is 9.97 Å². The highest BCUT2D eigenvalue weighted by Gasteiger charge is 2.19. The van der Waals surface area contributed by atoms with Gasteiger partial charge in [-0.2, -0.15) is 0 Å². The summed E-state index contributed by atoms with van der Waals surface area (Å²) in [5.41, 5.74) is 9.92. The molecule has 1 aliphatic carbocycles. The molecule has 0 saturated carbocycles. The van der Waals surface area contributed by atoms with Crippen LogP contribution in [0.1, 0.15) is 17.7 Å². The predicted molar refractivity (Wildman–Crippen MR) is 86.5 cm³/mol. The number of thioether (sulfide) groups is 1. The van der Waals surface area contributed by atoms with E-state index in [1.807, 2.05) is 18.4 Å². The summed E-state index contributed by atoms with van der Waals surface area (Å²) in [5.74, 6) is 1.62. The normalized spacial score (nSPS) is 13.0. The third-order valence-corrected chi connectivity index (χ3v) is 4.15. The Bertz CT molecular complexity index is 675. The van der Waals surface area contributed by atoms with E-state index in [4.69, 9.17) is 10.5 Å². The number of nitrogens with zero attached hydrogens (tertiary/aromatic N) is 2. The van der Waals surface area contributed by atoms with Crippen molar-refractivity contribution in [3.8, 4) is 5.75 Å². The molecule has 110 valence electrons. The number of methoxy groups -OCH3 is 1. The second-order valence-electron chi connectivity index (χ2n) is 4.92. The molecular formula is C15H18N4OS.